The summed E-state index contributed by atoms with van der Waals surface area (Å²) in [6, 6.07) is 0. The third-order valence-corrected chi connectivity index (χ3v) is 18.2. The van der Waals surface area contributed by atoms with Gasteiger partial charge in [0, 0.05) is 18.5 Å². The Morgan fingerprint density at radius 3 is 2.18 bits per heavy atom. The molecule has 0 bridgehead atoms. The summed E-state index contributed by atoms with van der Waals surface area (Å²) in [5, 5.41) is 8.90. The molecule has 1 heterocycles. The maximum absolute atomic E-state index is 14.7. The minimum atomic E-state index is -0.195. The second kappa shape index (κ2) is 12.1. The van der Waals surface area contributed by atoms with E-state index < -0.39 is 0 Å². The molecule has 0 radical (unpaired) electrons. The quantitative estimate of drug-likeness (QED) is 0.126. The molecule has 6 nitrogen and oxygen atoms in total. The van der Waals surface area contributed by atoms with Crippen molar-refractivity contribution in [3.8, 4) is 0 Å². The van der Waals surface area contributed by atoms with Crippen LogP contribution in [-0.2, 0) is 19.2 Å². The van der Waals surface area contributed by atoms with Crippen LogP contribution < -0.4 is 0 Å². The first-order chi connectivity index (χ1) is 23.0. The molecule has 0 spiro atoms. The molecule has 0 aromatic rings. The van der Waals surface area contributed by atoms with Gasteiger partial charge in [-0.2, -0.15) is 0 Å². The average molecular weight is 680 g/mol. The van der Waals surface area contributed by atoms with Gasteiger partial charge in [-0.3, -0.25) is 14.8 Å². The van der Waals surface area contributed by atoms with Crippen LogP contribution in [0.1, 0.15) is 145 Å². The van der Waals surface area contributed by atoms with E-state index in [0.29, 0.717) is 41.9 Å². The second-order valence-electron chi connectivity index (χ2n) is 20.5. The van der Waals surface area contributed by atoms with Crippen LogP contribution in [0.25, 0.3) is 0 Å². The monoisotopic (exact) mass is 680 g/mol. The number of ether oxygens (including phenoxy) is 1. The number of allylic oxidation sites excluding steroid dienone is 1. The summed E-state index contributed by atoms with van der Waals surface area (Å²) in [6.07, 6.45) is 15.6. The summed E-state index contributed by atoms with van der Waals surface area (Å²) in [7, 11) is 0. The van der Waals surface area contributed by atoms with Crippen LogP contribution in [0.5, 0.6) is 0 Å². The predicted molar refractivity (Wildman–Crippen MR) is 193 cm³/mol. The standard InChI is InChI=1S/C43H69NO5/c1-27(2)28-15-21-43(37(46)44-24-11-10-12-25-44)23-22-41(8)30(34(28)43)13-14-32-40(7)19-17-33(39(5,6)31(40)16-20-42(32,41)9)49-36(45)35-29(18-26-48-47)38(35,3)4/h28-35,47H,1,10-26H2,2-9H3/t28-,29+,30+,31-,32+,33-,34+,35+,40-,41+,42+,43-/m0/s1. The van der Waals surface area contributed by atoms with Crippen LogP contribution in [-0.4, -0.2) is 47.8 Å². The van der Waals surface area contributed by atoms with Gasteiger partial charge in [0.25, 0.3) is 0 Å². The molecule has 276 valence electrons. The van der Waals surface area contributed by atoms with Crippen molar-refractivity contribution >= 4 is 11.9 Å². The first-order valence-electron chi connectivity index (χ1n) is 20.4. The molecule has 7 fully saturated rings. The summed E-state index contributed by atoms with van der Waals surface area (Å²) < 4.78 is 6.52. The van der Waals surface area contributed by atoms with E-state index in [9.17, 15) is 9.59 Å². The topological polar surface area (TPSA) is 76.1 Å². The molecule has 0 aromatic carbocycles. The van der Waals surface area contributed by atoms with E-state index in [4.69, 9.17) is 9.99 Å². The van der Waals surface area contributed by atoms with Crippen molar-refractivity contribution in [3.05, 3.63) is 12.2 Å². The van der Waals surface area contributed by atoms with Gasteiger partial charge in [0.05, 0.1) is 17.9 Å². The summed E-state index contributed by atoms with van der Waals surface area (Å²) in [5.41, 5.74) is 1.54. The Labute approximate surface area is 297 Å². The molecule has 49 heavy (non-hydrogen) atoms. The molecular weight excluding hydrogens is 610 g/mol. The molecule has 6 heteroatoms. The number of likely N-dealkylation sites (tertiary alicyclic amines) is 1. The van der Waals surface area contributed by atoms with Gasteiger partial charge >= 0.3 is 5.97 Å². The number of rotatable bonds is 7. The molecule has 1 saturated heterocycles. The van der Waals surface area contributed by atoms with E-state index in [1.807, 2.05) is 0 Å². The molecular formula is C43H69NO5. The van der Waals surface area contributed by atoms with Gasteiger partial charge < -0.3 is 9.64 Å². The van der Waals surface area contributed by atoms with Crippen molar-refractivity contribution in [1.29, 1.82) is 0 Å². The van der Waals surface area contributed by atoms with Crippen molar-refractivity contribution in [1.82, 2.24) is 4.90 Å². The highest BCUT2D eigenvalue weighted by atomic mass is 17.1. The second-order valence-corrected chi connectivity index (χ2v) is 20.5. The zero-order valence-electron chi connectivity index (χ0n) is 32.4. The molecule has 0 unspecified atom stereocenters. The zero-order valence-corrected chi connectivity index (χ0v) is 32.4. The summed E-state index contributed by atoms with van der Waals surface area (Å²) >= 11 is 0. The third kappa shape index (κ3) is 5.04. The Morgan fingerprint density at radius 1 is 0.796 bits per heavy atom. The highest BCUT2D eigenvalue weighted by molar-refractivity contribution is 5.84. The highest BCUT2D eigenvalue weighted by Crippen LogP contribution is 2.78. The van der Waals surface area contributed by atoms with E-state index in [1.165, 1.54) is 44.1 Å². The molecule has 1 N–H and O–H groups in total. The maximum atomic E-state index is 14.7. The van der Waals surface area contributed by atoms with Crippen LogP contribution in [0.3, 0.4) is 0 Å². The van der Waals surface area contributed by atoms with Crippen molar-refractivity contribution in [2.75, 3.05) is 19.7 Å². The Kier molecular flexibility index (Phi) is 8.86. The smallest absolute Gasteiger partial charge is 0.310 e. The largest absolute Gasteiger partial charge is 0.462 e. The summed E-state index contributed by atoms with van der Waals surface area (Å²) in [4.78, 5) is 35.0. The Balaban J connectivity index is 1.13. The highest BCUT2D eigenvalue weighted by Gasteiger charge is 2.72. The van der Waals surface area contributed by atoms with Gasteiger partial charge in [0.1, 0.15) is 6.10 Å². The first-order valence-corrected chi connectivity index (χ1v) is 20.4. The number of esters is 1. The molecule has 6 aliphatic carbocycles. The maximum Gasteiger partial charge on any atom is 0.310 e. The number of fused-ring (bicyclic) bond motifs is 7. The number of piperidine rings is 1. The van der Waals surface area contributed by atoms with E-state index in [0.717, 1.165) is 58.0 Å². The minimum Gasteiger partial charge on any atom is -0.462 e. The lowest BCUT2D eigenvalue weighted by Crippen LogP contribution is -2.67. The van der Waals surface area contributed by atoms with Crippen molar-refractivity contribution in [2.24, 2.45) is 73.9 Å². The number of carbonyl (C=O) groups excluding carboxylic acids is 2. The van der Waals surface area contributed by atoms with E-state index >= 15 is 0 Å². The normalized spacial score (nSPS) is 48.0. The fourth-order valence-electron chi connectivity index (χ4n) is 15.3. The zero-order chi connectivity index (χ0) is 35.4. The van der Waals surface area contributed by atoms with Gasteiger partial charge in [-0.25, -0.2) is 4.89 Å². The Bertz CT molecular complexity index is 1330. The number of hydrogen-bond donors (Lipinski definition) is 1. The predicted octanol–water partition coefficient (Wildman–Crippen LogP) is 9.72. The Morgan fingerprint density at radius 2 is 1.51 bits per heavy atom. The SMILES string of the molecule is C=C(C)[C@@H]1CC[C@]2(C(=O)N3CCCCC3)CC[C@]3(C)[C@H](CC[C@@H]4[C@@]5(C)CC[C@H](OC(=O)[C@H]6[C@@H](CCOO)C6(C)C)C(C)(C)[C@@H]5CC[C@]43C)[C@@H]12. The van der Waals surface area contributed by atoms with Crippen molar-refractivity contribution in [3.63, 3.8) is 0 Å². The van der Waals surface area contributed by atoms with Gasteiger partial charge in [-0.05, 0) is 154 Å². The van der Waals surface area contributed by atoms with E-state index in [2.05, 4.69) is 71.8 Å². The first kappa shape index (κ1) is 36.0. The summed E-state index contributed by atoms with van der Waals surface area (Å²) in [6.45, 7) is 26.0. The van der Waals surface area contributed by atoms with Crippen LogP contribution >= 0.6 is 0 Å². The van der Waals surface area contributed by atoms with Gasteiger partial charge in [-0.1, -0.05) is 60.6 Å². The van der Waals surface area contributed by atoms with Gasteiger partial charge in [0.15, 0.2) is 0 Å². The molecule has 1 amide bonds. The molecule has 7 rings (SSSR count). The molecule has 12 atom stereocenters. The van der Waals surface area contributed by atoms with E-state index in [1.54, 1.807) is 0 Å². The molecule has 1 aliphatic heterocycles. The number of nitrogens with zero attached hydrogens (tertiary/aromatic N) is 1. The fourth-order valence-corrected chi connectivity index (χ4v) is 15.3. The van der Waals surface area contributed by atoms with Crippen molar-refractivity contribution in [2.45, 2.75) is 151 Å². The van der Waals surface area contributed by atoms with Crippen LogP contribution in [0.4, 0.5) is 0 Å². The average Bonchev–Trinajstić information content (AvgIpc) is 3.38. The molecule has 0 aromatic heterocycles. The van der Waals surface area contributed by atoms with Gasteiger partial charge in [0.2, 0.25) is 5.91 Å². The number of amides is 1. The number of hydrogen-bond acceptors (Lipinski definition) is 5. The minimum absolute atomic E-state index is 0.0447. The lowest BCUT2D eigenvalue weighted by atomic mass is 9.32. The van der Waals surface area contributed by atoms with Crippen LogP contribution in [0.2, 0.25) is 0 Å². The summed E-state index contributed by atoms with van der Waals surface area (Å²) in [5.74, 6) is 3.13. The number of carbonyl (C=O) groups is 2. The van der Waals surface area contributed by atoms with Crippen LogP contribution in [0.15, 0.2) is 12.2 Å². The van der Waals surface area contributed by atoms with Crippen molar-refractivity contribution < 1.29 is 24.5 Å². The van der Waals surface area contributed by atoms with Crippen LogP contribution in [0, 0.1) is 73.9 Å². The third-order valence-electron chi connectivity index (χ3n) is 18.2. The molecule has 6 saturated carbocycles. The fraction of sp³-hybridized carbons (Fsp3) is 0.907. The Hall–Kier alpha value is -1.40. The molecule has 7 aliphatic rings. The lowest BCUT2D eigenvalue weighted by molar-refractivity contribution is -0.250. The van der Waals surface area contributed by atoms with Gasteiger partial charge in [-0.15, -0.1) is 0 Å². The lowest BCUT2D eigenvalue weighted by Gasteiger charge is -2.73. The van der Waals surface area contributed by atoms with E-state index in [-0.39, 0.29) is 63.0 Å².